The minimum absolute atomic E-state index is 0.0335. The highest BCUT2D eigenvalue weighted by Gasteiger charge is 2.41. The van der Waals surface area contributed by atoms with Crippen molar-refractivity contribution >= 4 is 11.6 Å². The summed E-state index contributed by atoms with van der Waals surface area (Å²) >= 11 is 0. The molecule has 1 fully saturated rings. The Kier molecular flexibility index (Phi) is 3.89. The zero-order valence-corrected chi connectivity index (χ0v) is 14.0. The van der Waals surface area contributed by atoms with Crippen LogP contribution in [0.1, 0.15) is 46.1 Å². The summed E-state index contributed by atoms with van der Waals surface area (Å²) in [5, 5.41) is 3.53. The number of fused-ring (bicyclic) bond motifs is 1. The molecule has 0 spiro atoms. The first-order valence-electron chi connectivity index (χ1n) is 8.27. The van der Waals surface area contributed by atoms with Crippen LogP contribution in [0.4, 0.5) is 5.69 Å². The van der Waals surface area contributed by atoms with Crippen LogP contribution in [0.3, 0.4) is 0 Å². The first-order chi connectivity index (χ1) is 10.4. The Bertz CT molecular complexity index is 574. The van der Waals surface area contributed by atoms with Gasteiger partial charge in [0.25, 0.3) is 5.91 Å². The molecule has 1 N–H and O–H groups in total. The van der Waals surface area contributed by atoms with Crippen molar-refractivity contribution in [1.82, 2.24) is 5.32 Å². The molecule has 4 nitrogen and oxygen atoms in total. The number of hydrogen-bond acceptors (Lipinski definition) is 3. The van der Waals surface area contributed by atoms with Crippen LogP contribution in [0, 0.1) is 0 Å². The fraction of sp³-hybridized carbons (Fsp3) is 0.611. The molecule has 0 radical (unpaired) electrons. The van der Waals surface area contributed by atoms with Crippen LogP contribution in [-0.4, -0.2) is 30.1 Å². The van der Waals surface area contributed by atoms with Gasteiger partial charge in [0.15, 0.2) is 5.60 Å². The molecule has 1 saturated heterocycles. The molecule has 4 heteroatoms. The van der Waals surface area contributed by atoms with E-state index in [-0.39, 0.29) is 11.9 Å². The van der Waals surface area contributed by atoms with Crippen LogP contribution in [0.25, 0.3) is 0 Å². The molecule has 2 aliphatic rings. The molecule has 0 aromatic heterocycles. The van der Waals surface area contributed by atoms with Crippen LogP contribution < -0.4 is 15.0 Å². The number of benzene rings is 1. The van der Waals surface area contributed by atoms with Crippen molar-refractivity contribution < 1.29 is 9.53 Å². The Morgan fingerprint density at radius 1 is 1.41 bits per heavy atom. The second-order valence-electron chi connectivity index (χ2n) is 7.18. The average Bonchev–Trinajstić information content (AvgIpc) is 2.93. The van der Waals surface area contributed by atoms with E-state index in [0.29, 0.717) is 6.04 Å². The molecular formula is C18H26N2O2. The molecule has 3 rings (SSSR count). The predicted molar refractivity (Wildman–Crippen MR) is 88.5 cm³/mol. The normalized spacial score (nSPS) is 23.6. The summed E-state index contributed by atoms with van der Waals surface area (Å²) in [5.74, 6) is 0.840. The van der Waals surface area contributed by atoms with Crippen molar-refractivity contribution in [2.75, 3.05) is 11.4 Å². The SMILES string of the molecule is CC(C)N1C(=O)C(C)(C)Oc2ccc(CC3CCCN3)cc21. The van der Waals surface area contributed by atoms with E-state index in [0.717, 1.165) is 24.4 Å². The largest absolute Gasteiger partial charge is 0.476 e. The average molecular weight is 302 g/mol. The zero-order valence-electron chi connectivity index (χ0n) is 14.0. The van der Waals surface area contributed by atoms with E-state index in [4.69, 9.17) is 4.74 Å². The lowest BCUT2D eigenvalue weighted by Gasteiger charge is -2.41. The van der Waals surface area contributed by atoms with Gasteiger partial charge in [-0.3, -0.25) is 4.79 Å². The van der Waals surface area contributed by atoms with Crippen LogP contribution >= 0.6 is 0 Å². The van der Waals surface area contributed by atoms with E-state index in [1.807, 2.05) is 38.7 Å². The number of rotatable bonds is 3. The van der Waals surface area contributed by atoms with Crippen molar-refractivity contribution in [2.45, 2.75) is 64.6 Å². The van der Waals surface area contributed by atoms with Crippen molar-refractivity contribution in [1.29, 1.82) is 0 Å². The van der Waals surface area contributed by atoms with Gasteiger partial charge >= 0.3 is 0 Å². The fourth-order valence-electron chi connectivity index (χ4n) is 3.41. The topological polar surface area (TPSA) is 41.6 Å². The standard InChI is InChI=1S/C18H26N2O2/c1-12(2)20-15-11-13(10-14-6-5-9-19-14)7-8-16(15)22-18(3,4)17(20)21/h7-8,11-12,14,19H,5-6,9-10H2,1-4H3. The monoisotopic (exact) mass is 302 g/mol. The summed E-state index contributed by atoms with van der Waals surface area (Å²) in [5.41, 5.74) is 1.38. The second-order valence-corrected chi connectivity index (χ2v) is 7.18. The van der Waals surface area contributed by atoms with Gasteiger partial charge < -0.3 is 15.0 Å². The highest BCUT2D eigenvalue weighted by Crippen LogP contribution is 2.39. The number of ether oxygens (including phenoxy) is 1. The Balaban J connectivity index is 1.93. The minimum atomic E-state index is -0.800. The van der Waals surface area contributed by atoms with Crippen molar-refractivity contribution in [3.8, 4) is 5.75 Å². The predicted octanol–water partition coefficient (Wildman–Crippen LogP) is 2.89. The molecule has 22 heavy (non-hydrogen) atoms. The van der Waals surface area contributed by atoms with E-state index >= 15 is 0 Å². The number of amides is 1. The number of hydrogen-bond donors (Lipinski definition) is 1. The molecule has 1 unspecified atom stereocenters. The first-order valence-corrected chi connectivity index (χ1v) is 8.27. The summed E-state index contributed by atoms with van der Waals surface area (Å²) in [6.07, 6.45) is 3.49. The van der Waals surface area contributed by atoms with Gasteiger partial charge in [0, 0.05) is 12.1 Å². The van der Waals surface area contributed by atoms with E-state index in [9.17, 15) is 4.79 Å². The molecule has 0 aliphatic carbocycles. The van der Waals surface area contributed by atoms with Gasteiger partial charge in [-0.1, -0.05) is 6.07 Å². The third-order valence-electron chi connectivity index (χ3n) is 4.54. The number of carbonyl (C=O) groups excluding carboxylic acids is 1. The molecule has 0 bridgehead atoms. The summed E-state index contributed by atoms with van der Waals surface area (Å²) in [6.45, 7) is 8.89. The van der Waals surface area contributed by atoms with Gasteiger partial charge in [-0.15, -0.1) is 0 Å². The van der Waals surface area contributed by atoms with Crippen molar-refractivity contribution in [3.05, 3.63) is 23.8 Å². The Morgan fingerprint density at radius 3 is 2.82 bits per heavy atom. The van der Waals surface area contributed by atoms with E-state index < -0.39 is 5.60 Å². The smallest absolute Gasteiger partial charge is 0.270 e. The van der Waals surface area contributed by atoms with Gasteiger partial charge in [-0.05, 0) is 71.2 Å². The maximum Gasteiger partial charge on any atom is 0.270 e. The van der Waals surface area contributed by atoms with Crippen molar-refractivity contribution in [2.24, 2.45) is 0 Å². The summed E-state index contributed by atoms with van der Waals surface area (Å²) in [6, 6.07) is 6.95. The quantitative estimate of drug-likeness (QED) is 0.933. The number of anilines is 1. The van der Waals surface area contributed by atoms with E-state index in [2.05, 4.69) is 17.4 Å². The van der Waals surface area contributed by atoms with Gasteiger partial charge in [0.2, 0.25) is 0 Å². The number of nitrogens with zero attached hydrogens (tertiary/aromatic N) is 1. The molecule has 1 amide bonds. The van der Waals surface area contributed by atoms with Crippen LogP contribution in [0.15, 0.2) is 18.2 Å². The zero-order chi connectivity index (χ0) is 15.9. The molecule has 120 valence electrons. The lowest BCUT2D eigenvalue weighted by molar-refractivity contribution is -0.133. The van der Waals surface area contributed by atoms with E-state index in [1.54, 1.807) is 0 Å². The van der Waals surface area contributed by atoms with Gasteiger partial charge in [-0.25, -0.2) is 0 Å². The van der Waals surface area contributed by atoms with Gasteiger partial charge in [0.1, 0.15) is 5.75 Å². The van der Waals surface area contributed by atoms with E-state index in [1.165, 1.54) is 18.4 Å². The third-order valence-corrected chi connectivity index (χ3v) is 4.54. The summed E-state index contributed by atoms with van der Waals surface area (Å²) in [4.78, 5) is 14.6. The maximum atomic E-state index is 12.7. The molecule has 2 heterocycles. The van der Waals surface area contributed by atoms with Crippen LogP contribution in [0.5, 0.6) is 5.75 Å². The van der Waals surface area contributed by atoms with Crippen LogP contribution in [0.2, 0.25) is 0 Å². The molecule has 1 aromatic carbocycles. The Hall–Kier alpha value is -1.55. The van der Waals surface area contributed by atoms with Crippen molar-refractivity contribution in [3.63, 3.8) is 0 Å². The molecule has 1 aromatic rings. The molecule has 2 aliphatic heterocycles. The lowest BCUT2D eigenvalue weighted by Crippen LogP contribution is -2.54. The van der Waals surface area contributed by atoms with Crippen LogP contribution in [-0.2, 0) is 11.2 Å². The maximum absolute atomic E-state index is 12.7. The summed E-state index contributed by atoms with van der Waals surface area (Å²) < 4.78 is 5.93. The summed E-state index contributed by atoms with van der Waals surface area (Å²) in [7, 11) is 0. The minimum Gasteiger partial charge on any atom is -0.476 e. The second kappa shape index (κ2) is 5.58. The highest BCUT2D eigenvalue weighted by atomic mass is 16.5. The number of nitrogens with one attached hydrogen (secondary N) is 1. The Morgan fingerprint density at radius 2 is 2.18 bits per heavy atom. The van der Waals surface area contributed by atoms with Gasteiger partial charge in [-0.2, -0.15) is 0 Å². The molecule has 1 atom stereocenters. The van der Waals surface area contributed by atoms with Gasteiger partial charge in [0.05, 0.1) is 5.69 Å². The molecule has 0 saturated carbocycles. The Labute approximate surface area is 132 Å². The fourth-order valence-corrected chi connectivity index (χ4v) is 3.41. The number of carbonyl (C=O) groups is 1. The first kappa shape index (κ1) is 15.3. The lowest BCUT2D eigenvalue weighted by atomic mass is 9.99. The molecular weight excluding hydrogens is 276 g/mol. The third kappa shape index (κ3) is 2.72. The highest BCUT2D eigenvalue weighted by molar-refractivity contribution is 6.02.